The number of nitro benzene ring substituents is 1. The SMILES string of the molecule is COC1(COc2ccc(S(N)(=O)=O)cc2[N+](=O)[O-])CCOCC1. The first kappa shape index (κ1) is 17.6. The van der Waals surface area contributed by atoms with Crippen LogP contribution in [0, 0.1) is 10.1 Å². The third-order valence-corrected chi connectivity index (χ3v) is 4.69. The number of benzene rings is 1. The lowest BCUT2D eigenvalue weighted by molar-refractivity contribution is -0.386. The van der Waals surface area contributed by atoms with E-state index in [2.05, 4.69) is 0 Å². The molecule has 1 aromatic carbocycles. The molecular formula is C13H18N2O7S. The average Bonchev–Trinajstić information content (AvgIpc) is 2.52. The minimum absolute atomic E-state index is 0.0367. The highest BCUT2D eigenvalue weighted by Gasteiger charge is 2.34. The second kappa shape index (κ2) is 6.79. The van der Waals surface area contributed by atoms with Crippen molar-refractivity contribution in [3.63, 3.8) is 0 Å². The summed E-state index contributed by atoms with van der Waals surface area (Å²) in [4.78, 5) is 10.1. The molecule has 1 heterocycles. The third-order valence-electron chi connectivity index (χ3n) is 3.78. The molecule has 10 heteroatoms. The highest BCUT2D eigenvalue weighted by atomic mass is 32.2. The Bertz CT molecular complexity index is 684. The van der Waals surface area contributed by atoms with Crippen LogP contribution in [0.1, 0.15) is 12.8 Å². The van der Waals surface area contributed by atoms with Crippen molar-refractivity contribution < 1.29 is 27.6 Å². The maximum Gasteiger partial charge on any atom is 0.312 e. The molecule has 0 unspecified atom stereocenters. The summed E-state index contributed by atoms with van der Waals surface area (Å²) in [5, 5.41) is 16.1. The van der Waals surface area contributed by atoms with Crippen LogP contribution >= 0.6 is 0 Å². The zero-order valence-electron chi connectivity index (χ0n) is 12.6. The van der Waals surface area contributed by atoms with Crippen molar-refractivity contribution in [3.8, 4) is 5.75 Å². The Balaban J connectivity index is 2.24. The summed E-state index contributed by atoms with van der Waals surface area (Å²) in [5.41, 5.74) is -1.04. The number of methoxy groups -OCH3 is 1. The molecule has 0 radical (unpaired) electrons. The molecule has 2 N–H and O–H groups in total. The molecule has 0 amide bonds. The van der Waals surface area contributed by atoms with Gasteiger partial charge in [-0.25, -0.2) is 13.6 Å². The van der Waals surface area contributed by atoms with Crippen molar-refractivity contribution in [1.29, 1.82) is 0 Å². The van der Waals surface area contributed by atoms with E-state index in [1.165, 1.54) is 12.1 Å². The summed E-state index contributed by atoms with van der Waals surface area (Å²) in [5.74, 6) is -0.0367. The highest BCUT2D eigenvalue weighted by molar-refractivity contribution is 7.89. The van der Waals surface area contributed by atoms with E-state index in [-0.39, 0.29) is 17.3 Å². The number of hydrogen-bond acceptors (Lipinski definition) is 7. The van der Waals surface area contributed by atoms with Gasteiger partial charge in [0.1, 0.15) is 12.2 Å². The molecule has 1 fully saturated rings. The summed E-state index contributed by atoms with van der Waals surface area (Å²) in [6.45, 7) is 1.13. The quantitative estimate of drug-likeness (QED) is 0.595. The Hall–Kier alpha value is -1.75. The number of ether oxygens (including phenoxy) is 3. The van der Waals surface area contributed by atoms with Gasteiger partial charge in [0.15, 0.2) is 5.75 Å². The van der Waals surface area contributed by atoms with Crippen LogP contribution in [0.3, 0.4) is 0 Å². The number of sulfonamides is 1. The van der Waals surface area contributed by atoms with Gasteiger partial charge in [-0.15, -0.1) is 0 Å². The van der Waals surface area contributed by atoms with Crippen LogP contribution in [0.4, 0.5) is 5.69 Å². The summed E-state index contributed by atoms with van der Waals surface area (Å²) in [6, 6.07) is 3.27. The lowest BCUT2D eigenvalue weighted by atomic mass is 9.95. The van der Waals surface area contributed by atoms with Gasteiger partial charge in [-0.05, 0) is 12.1 Å². The molecular weight excluding hydrogens is 328 g/mol. The number of rotatable bonds is 6. The number of nitrogens with two attached hydrogens (primary N) is 1. The Morgan fingerprint density at radius 2 is 2.04 bits per heavy atom. The zero-order chi connectivity index (χ0) is 17.1. The molecule has 1 aliphatic rings. The molecule has 0 atom stereocenters. The van der Waals surface area contributed by atoms with Crippen LogP contribution in [0.15, 0.2) is 23.1 Å². The topological polar surface area (TPSA) is 131 Å². The van der Waals surface area contributed by atoms with Crippen molar-refractivity contribution in [2.75, 3.05) is 26.9 Å². The van der Waals surface area contributed by atoms with Crippen LogP contribution in [-0.4, -0.2) is 45.9 Å². The second-order valence-corrected chi connectivity index (χ2v) is 6.78. The summed E-state index contributed by atoms with van der Waals surface area (Å²) in [6.07, 6.45) is 1.21. The Labute approximate surface area is 133 Å². The lowest BCUT2D eigenvalue weighted by Gasteiger charge is -2.35. The van der Waals surface area contributed by atoms with Gasteiger partial charge < -0.3 is 14.2 Å². The average molecular weight is 346 g/mol. The van der Waals surface area contributed by atoms with Crippen molar-refractivity contribution >= 4 is 15.7 Å². The highest BCUT2D eigenvalue weighted by Crippen LogP contribution is 2.32. The Morgan fingerprint density at radius 1 is 1.39 bits per heavy atom. The minimum Gasteiger partial charge on any atom is -0.484 e. The van der Waals surface area contributed by atoms with Gasteiger partial charge in [-0.2, -0.15) is 0 Å². The number of hydrogen-bond donors (Lipinski definition) is 1. The monoisotopic (exact) mass is 346 g/mol. The van der Waals surface area contributed by atoms with Gasteiger partial charge in [0, 0.05) is 39.2 Å². The first-order chi connectivity index (χ1) is 10.8. The fourth-order valence-corrected chi connectivity index (χ4v) is 2.83. The number of nitrogens with zero attached hydrogens (tertiary/aromatic N) is 1. The minimum atomic E-state index is -4.03. The predicted octanol–water partition coefficient (Wildman–Crippen LogP) is 0.817. The normalized spacial score (nSPS) is 17.7. The summed E-state index contributed by atoms with van der Waals surface area (Å²) < 4.78 is 38.9. The molecule has 23 heavy (non-hydrogen) atoms. The lowest BCUT2D eigenvalue weighted by Crippen LogP contribution is -2.43. The Morgan fingerprint density at radius 3 is 2.57 bits per heavy atom. The van der Waals surface area contributed by atoms with E-state index in [0.29, 0.717) is 26.1 Å². The molecule has 0 spiro atoms. The zero-order valence-corrected chi connectivity index (χ0v) is 13.4. The van der Waals surface area contributed by atoms with E-state index < -0.39 is 26.2 Å². The van der Waals surface area contributed by atoms with Crippen LogP contribution in [0.25, 0.3) is 0 Å². The van der Waals surface area contributed by atoms with Gasteiger partial charge in [0.05, 0.1) is 9.82 Å². The number of primary sulfonamides is 1. The molecule has 0 bridgehead atoms. The molecule has 9 nitrogen and oxygen atoms in total. The van der Waals surface area contributed by atoms with Gasteiger partial charge in [-0.3, -0.25) is 10.1 Å². The molecule has 2 rings (SSSR count). The van der Waals surface area contributed by atoms with Crippen molar-refractivity contribution in [3.05, 3.63) is 28.3 Å². The van der Waals surface area contributed by atoms with E-state index in [1.807, 2.05) is 0 Å². The maximum atomic E-state index is 11.3. The van der Waals surface area contributed by atoms with Gasteiger partial charge in [0.25, 0.3) is 0 Å². The van der Waals surface area contributed by atoms with Crippen molar-refractivity contribution in [2.45, 2.75) is 23.3 Å². The smallest absolute Gasteiger partial charge is 0.312 e. The molecule has 0 aromatic heterocycles. The second-order valence-electron chi connectivity index (χ2n) is 5.22. The molecule has 1 aromatic rings. The fourth-order valence-electron chi connectivity index (χ4n) is 2.30. The summed E-state index contributed by atoms with van der Waals surface area (Å²) >= 11 is 0. The molecule has 0 aliphatic carbocycles. The van der Waals surface area contributed by atoms with Crippen molar-refractivity contribution in [1.82, 2.24) is 0 Å². The Kier molecular flexibility index (Phi) is 5.19. The van der Waals surface area contributed by atoms with Gasteiger partial charge >= 0.3 is 5.69 Å². The largest absolute Gasteiger partial charge is 0.484 e. The van der Waals surface area contributed by atoms with Crippen molar-refractivity contribution in [2.24, 2.45) is 5.14 Å². The van der Waals surface area contributed by atoms with Crippen LogP contribution in [0.5, 0.6) is 5.75 Å². The van der Waals surface area contributed by atoms with E-state index in [9.17, 15) is 18.5 Å². The first-order valence-corrected chi connectivity index (χ1v) is 8.39. The van der Waals surface area contributed by atoms with E-state index >= 15 is 0 Å². The fraction of sp³-hybridized carbons (Fsp3) is 0.538. The van der Waals surface area contributed by atoms with Gasteiger partial charge in [-0.1, -0.05) is 0 Å². The maximum absolute atomic E-state index is 11.3. The van der Waals surface area contributed by atoms with Crippen LogP contribution < -0.4 is 9.88 Å². The third kappa shape index (κ3) is 4.16. The van der Waals surface area contributed by atoms with Crippen LogP contribution in [0.2, 0.25) is 0 Å². The molecule has 128 valence electrons. The molecule has 1 saturated heterocycles. The van der Waals surface area contributed by atoms with E-state index in [4.69, 9.17) is 19.3 Å². The predicted molar refractivity (Wildman–Crippen MR) is 79.8 cm³/mol. The first-order valence-electron chi connectivity index (χ1n) is 6.84. The molecule has 0 saturated carbocycles. The van der Waals surface area contributed by atoms with Gasteiger partial charge in [0.2, 0.25) is 10.0 Å². The standard InChI is InChI=1S/C13H18N2O7S/c1-20-13(4-6-21-7-5-13)9-22-12-3-2-10(23(14,18)19)8-11(12)15(16)17/h2-3,8H,4-7,9H2,1H3,(H2,14,18,19). The summed E-state index contributed by atoms with van der Waals surface area (Å²) in [7, 11) is -2.48. The molecule has 1 aliphatic heterocycles. The van der Waals surface area contributed by atoms with E-state index in [0.717, 1.165) is 6.07 Å². The van der Waals surface area contributed by atoms with Crippen LogP contribution in [-0.2, 0) is 19.5 Å². The number of nitro groups is 1. The van der Waals surface area contributed by atoms with E-state index in [1.54, 1.807) is 7.11 Å².